The van der Waals surface area contributed by atoms with Gasteiger partial charge in [0.05, 0.1) is 0 Å². The minimum absolute atomic E-state index is 0.450. The molecule has 0 saturated heterocycles. The van der Waals surface area contributed by atoms with Crippen LogP contribution >= 0.6 is 0 Å². The van der Waals surface area contributed by atoms with Crippen LogP contribution in [0.5, 0.6) is 0 Å². The summed E-state index contributed by atoms with van der Waals surface area (Å²) in [6.07, 6.45) is 5.30. The van der Waals surface area contributed by atoms with Crippen molar-refractivity contribution in [3.8, 4) is 6.07 Å². The Labute approximate surface area is 102 Å². The lowest BCUT2D eigenvalue weighted by Gasteiger charge is -2.21. The zero-order valence-electron chi connectivity index (χ0n) is 10.5. The lowest BCUT2D eigenvalue weighted by molar-refractivity contribution is 0.542. The van der Waals surface area contributed by atoms with Crippen LogP contribution in [0.2, 0.25) is 0 Å². The quantitative estimate of drug-likeness (QED) is 0.799. The van der Waals surface area contributed by atoms with Crippen molar-refractivity contribution in [2.75, 3.05) is 18.5 Å². The highest BCUT2D eigenvalue weighted by molar-refractivity contribution is 5.35. The van der Waals surface area contributed by atoms with Crippen molar-refractivity contribution < 1.29 is 0 Å². The molecule has 0 radical (unpaired) electrons. The monoisotopic (exact) mass is 230 g/mol. The maximum atomic E-state index is 8.89. The minimum atomic E-state index is 0.450. The lowest BCUT2D eigenvalue weighted by atomic mass is 10.1. The molecule has 4 nitrogen and oxygen atoms in total. The van der Waals surface area contributed by atoms with Crippen LogP contribution in [0.3, 0.4) is 0 Å². The van der Waals surface area contributed by atoms with Crippen LogP contribution in [-0.4, -0.2) is 23.6 Å². The van der Waals surface area contributed by atoms with Crippen molar-refractivity contribution >= 4 is 5.95 Å². The Kier molecular flexibility index (Phi) is 3.58. The van der Waals surface area contributed by atoms with Gasteiger partial charge < -0.3 is 4.90 Å². The number of nitrogens with zero attached hydrogens (tertiary/aromatic N) is 4. The first-order chi connectivity index (χ1) is 8.19. The van der Waals surface area contributed by atoms with Crippen LogP contribution in [0, 0.1) is 24.2 Å². The van der Waals surface area contributed by atoms with Crippen molar-refractivity contribution in [2.24, 2.45) is 5.92 Å². The van der Waals surface area contributed by atoms with Crippen LogP contribution in [0.4, 0.5) is 5.95 Å². The summed E-state index contributed by atoms with van der Waals surface area (Å²) in [6.45, 7) is 2.89. The number of hydrogen-bond donors (Lipinski definition) is 0. The number of hydrogen-bond acceptors (Lipinski definition) is 4. The van der Waals surface area contributed by atoms with Crippen molar-refractivity contribution in [3.05, 3.63) is 17.5 Å². The van der Waals surface area contributed by atoms with E-state index in [-0.39, 0.29) is 0 Å². The molecule has 4 heteroatoms. The topological polar surface area (TPSA) is 52.8 Å². The molecule has 0 atom stereocenters. The number of nitriles is 1. The molecule has 1 aliphatic carbocycles. The number of anilines is 1. The van der Waals surface area contributed by atoms with E-state index in [0.717, 1.165) is 18.2 Å². The third kappa shape index (κ3) is 2.94. The summed E-state index contributed by atoms with van der Waals surface area (Å²) in [5.41, 5.74) is 1.30. The molecule has 1 aromatic heterocycles. The Morgan fingerprint density at radius 2 is 2.12 bits per heavy atom. The van der Waals surface area contributed by atoms with E-state index in [4.69, 9.17) is 5.26 Å². The molecule has 0 aromatic carbocycles. The second-order valence-electron chi connectivity index (χ2n) is 4.84. The van der Waals surface area contributed by atoms with E-state index in [1.165, 1.54) is 25.7 Å². The predicted molar refractivity (Wildman–Crippen MR) is 66.7 cm³/mol. The van der Waals surface area contributed by atoms with E-state index in [0.29, 0.717) is 11.6 Å². The maximum absolute atomic E-state index is 8.89. The van der Waals surface area contributed by atoms with Gasteiger partial charge in [0.15, 0.2) is 0 Å². The average Bonchev–Trinajstić information content (AvgIpc) is 2.81. The molecular formula is C13H18N4. The van der Waals surface area contributed by atoms with Gasteiger partial charge in [-0.2, -0.15) is 5.26 Å². The third-order valence-corrected chi connectivity index (χ3v) is 3.31. The van der Waals surface area contributed by atoms with Crippen LogP contribution in [-0.2, 0) is 0 Å². The SMILES string of the molecule is Cc1cc(C#N)nc(N(C)CC2CCCC2)n1. The van der Waals surface area contributed by atoms with Gasteiger partial charge >= 0.3 is 0 Å². The Morgan fingerprint density at radius 3 is 2.76 bits per heavy atom. The molecule has 1 aliphatic rings. The Balaban J connectivity index is 2.10. The molecule has 0 spiro atoms. The Bertz CT molecular complexity index is 430. The molecule has 0 unspecified atom stereocenters. The van der Waals surface area contributed by atoms with Crippen molar-refractivity contribution in [3.63, 3.8) is 0 Å². The highest BCUT2D eigenvalue weighted by atomic mass is 15.2. The van der Waals surface area contributed by atoms with E-state index in [1.54, 1.807) is 6.07 Å². The first kappa shape index (κ1) is 11.8. The molecule has 17 heavy (non-hydrogen) atoms. The van der Waals surface area contributed by atoms with Crippen LogP contribution in [0.25, 0.3) is 0 Å². The Hall–Kier alpha value is -1.63. The van der Waals surface area contributed by atoms with E-state index >= 15 is 0 Å². The van der Waals surface area contributed by atoms with Gasteiger partial charge in [-0.05, 0) is 31.7 Å². The van der Waals surface area contributed by atoms with E-state index in [9.17, 15) is 0 Å². The zero-order valence-corrected chi connectivity index (χ0v) is 10.5. The lowest BCUT2D eigenvalue weighted by Crippen LogP contribution is -2.26. The second-order valence-corrected chi connectivity index (χ2v) is 4.84. The van der Waals surface area contributed by atoms with Crippen LogP contribution < -0.4 is 4.90 Å². The van der Waals surface area contributed by atoms with E-state index in [1.807, 2.05) is 14.0 Å². The standard InChI is InChI=1S/C13H18N4/c1-10-7-12(8-14)16-13(15-10)17(2)9-11-5-3-4-6-11/h7,11H,3-6,9H2,1-2H3. The normalized spacial score (nSPS) is 15.8. The summed E-state index contributed by atoms with van der Waals surface area (Å²) in [5, 5.41) is 8.89. The van der Waals surface area contributed by atoms with Crippen molar-refractivity contribution in [2.45, 2.75) is 32.6 Å². The summed E-state index contributed by atoms with van der Waals surface area (Å²) in [5.74, 6) is 1.43. The second kappa shape index (κ2) is 5.13. The summed E-state index contributed by atoms with van der Waals surface area (Å²) in [4.78, 5) is 10.7. The molecule has 0 bridgehead atoms. The maximum Gasteiger partial charge on any atom is 0.226 e. The molecule has 0 aliphatic heterocycles. The average molecular weight is 230 g/mol. The number of aryl methyl sites for hydroxylation is 1. The smallest absolute Gasteiger partial charge is 0.226 e. The molecule has 0 amide bonds. The minimum Gasteiger partial charge on any atom is -0.344 e. The van der Waals surface area contributed by atoms with Gasteiger partial charge in [-0.1, -0.05) is 12.8 Å². The van der Waals surface area contributed by atoms with E-state index in [2.05, 4.69) is 20.9 Å². The van der Waals surface area contributed by atoms with Crippen LogP contribution in [0.15, 0.2) is 6.07 Å². The van der Waals surface area contributed by atoms with Gasteiger partial charge in [0.25, 0.3) is 0 Å². The van der Waals surface area contributed by atoms with Gasteiger partial charge in [-0.3, -0.25) is 0 Å². The zero-order chi connectivity index (χ0) is 12.3. The summed E-state index contributed by atoms with van der Waals surface area (Å²) in [6, 6.07) is 3.79. The van der Waals surface area contributed by atoms with Crippen molar-refractivity contribution in [1.29, 1.82) is 5.26 Å². The first-order valence-corrected chi connectivity index (χ1v) is 6.16. The Morgan fingerprint density at radius 1 is 1.41 bits per heavy atom. The summed E-state index contributed by atoms with van der Waals surface area (Å²) < 4.78 is 0. The molecule has 0 N–H and O–H groups in total. The molecule has 2 rings (SSSR count). The van der Waals surface area contributed by atoms with Gasteiger partial charge in [0.2, 0.25) is 5.95 Å². The first-order valence-electron chi connectivity index (χ1n) is 6.16. The highest BCUT2D eigenvalue weighted by Crippen LogP contribution is 2.26. The summed E-state index contributed by atoms with van der Waals surface area (Å²) >= 11 is 0. The fraction of sp³-hybridized carbons (Fsp3) is 0.615. The molecule has 1 aromatic rings. The summed E-state index contributed by atoms with van der Waals surface area (Å²) in [7, 11) is 2.01. The fourth-order valence-corrected chi connectivity index (χ4v) is 2.44. The van der Waals surface area contributed by atoms with E-state index < -0.39 is 0 Å². The highest BCUT2D eigenvalue weighted by Gasteiger charge is 2.18. The van der Waals surface area contributed by atoms with Crippen molar-refractivity contribution in [1.82, 2.24) is 9.97 Å². The number of aromatic nitrogens is 2. The third-order valence-electron chi connectivity index (χ3n) is 3.31. The molecular weight excluding hydrogens is 212 g/mol. The molecule has 90 valence electrons. The van der Waals surface area contributed by atoms with Gasteiger partial charge in [0.1, 0.15) is 11.8 Å². The van der Waals surface area contributed by atoms with Gasteiger partial charge in [-0.25, -0.2) is 9.97 Å². The van der Waals surface area contributed by atoms with Gasteiger partial charge in [-0.15, -0.1) is 0 Å². The molecule has 1 heterocycles. The predicted octanol–water partition coefficient (Wildman–Crippen LogP) is 2.28. The molecule has 1 saturated carbocycles. The van der Waals surface area contributed by atoms with Gasteiger partial charge in [0, 0.05) is 19.3 Å². The largest absolute Gasteiger partial charge is 0.344 e. The number of rotatable bonds is 3. The molecule has 1 fully saturated rings. The van der Waals surface area contributed by atoms with Crippen LogP contribution in [0.1, 0.15) is 37.1 Å². The fourth-order valence-electron chi connectivity index (χ4n) is 2.44.